The van der Waals surface area contributed by atoms with Crippen molar-refractivity contribution in [1.29, 1.82) is 0 Å². The molecule has 1 fully saturated rings. The summed E-state index contributed by atoms with van der Waals surface area (Å²) in [4.78, 5) is -0.0635. The van der Waals surface area contributed by atoms with Gasteiger partial charge in [0.25, 0.3) is 0 Å². The Hall–Kier alpha value is -2.54. The van der Waals surface area contributed by atoms with E-state index in [1.807, 2.05) is 0 Å². The number of rotatable bonds is 8. The number of hydrogen-bond donors (Lipinski definition) is 0. The molecule has 1 aliphatic heterocycles. The van der Waals surface area contributed by atoms with Crippen LogP contribution in [-0.4, -0.2) is 79.6 Å². The van der Waals surface area contributed by atoms with Crippen LogP contribution >= 0.6 is 0 Å². The Morgan fingerprint density at radius 3 is 1.51 bits per heavy atom. The van der Waals surface area contributed by atoms with Crippen LogP contribution in [0.15, 0.2) is 34.1 Å². The van der Waals surface area contributed by atoms with Crippen LogP contribution in [0.2, 0.25) is 0 Å². The Labute approximate surface area is 207 Å². The van der Waals surface area contributed by atoms with Gasteiger partial charge in [0, 0.05) is 37.8 Å². The highest BCUT2D eigenvalue weighted by atomic mass is 32.2. The van der Waals surface area contributed by atoms with Crippen molar-refractivity contribution in [2.75, 3.05) is 48.1 Å². The smallest absolute Gasteiger partial charge is 0.247 e. The standard InChI is InChI=1S/C23H32N2O8S2/c1-15-10-20(32-6)22(12-18(15)30-4)34(26,27)24-8-9-25(17(3)14-24)35(28,29)23-13-19(31-5)16(2)11-21(23)33-7/h10-13,17H,8-9,14H2,1-7H3/t17-/m1/s1. The second-order valence-corrected chi connectivity index (χ2v) is 12.0. The second-order valence-electron chi connectivity index (χ2n) is 8.27. The number of hydrogen-bond acceptors (Lipinski definition) is 8. The molecule has 2 aromatic rings. The Morgan fingerprint density at radius 2 is 1.11 bits per heavy atom. The molecule has 12 heteroatoms. The molecular weight excluding hydrogens is 496 g/mol. The lowest BCUT2D eigenvalue weighted by Gasteiger charge is -2.38. The van der Waals surface area contributed by atoms with Crippen LogP contribution in [0.5, 0.6) is 23.0 Å². The van der Waals surface area contributed by atoms with Crippen molar-refractivity contribution in [2.24, 2.45) is 0 Å². The van der Waals surface area contributed by atoms with Crippen molar-refractivity contribution in [3.8, 4) is 23.0 Å². The summed E-state index contributed by atoms with van der Waals surface area (Å²) in [6, 6.07) is 5.43. The fraction of sp³-hybridized carbons (Fsp3) is 0.478. The van der Waals surface area contributed by atoms with E-state index in [4.69, 9.17) is 18.9 Å². The molecule has 1 saturated heterocycles. The van der Waals surface area contributed by atoms with Gasteiger partial charge >= 0.3 is 0 Å². The SMILES string of the molecule is COc1cc(S(=O)(=O)N2CCN(S(=O)(=O)c3cc(OC)c(C)cc3OC)[C@H](C)C2)c(OC)cc1C. The first kappa shape index (κ1) is 27.1. The van der Waals surface area contributed by atoms with Gasteiger partial charge in [0.1, 0.15) is 32.8 Å². The average molecular weight is 529 g/mol. The topological polar surface area (TPSA) is 112 Å². The molecule has 0 saturated carbocycles. The lowest BCUT2D eigenvalue weighted by molar-refractivity contribution is 0.211. The van der Waals surface area contributed by atoms with Crippen LogP contribution in [0.3, 0.4) is 0 Å². The van der Waals surface area contributed by atoms with Gasteiger partial charge in [-0.2, -0.15) is 8.61 Å². The van der Waals surface area contributed by atoms with Crippen LogP contribution < -0.4 is 18.9 Å². The normalized spacial score (nSPS) is 17.7. The lowest BCUT2D eigenvalue weighted by atomic mass is 10.2. The maximum absolute atomic E-state index is 13.6. The van der Waals surface area contributed by atoms with Gasteiger partial charge in [0.15, 0.2) is 0 Å². The van der Waals surface area contributed by atoms with Crippen LogP contribution in [0.4, 0.5) is 0 Å². The molecule has 0 N–H and O–H groups in total. The molecular formula is C23H32N2O8S2. The highest BCUT2D eigenvalue weighted by Gasteiger charge is 2.40. The summed E-state index contributed by atoms with van der Waals surface area (Å²) >= 11 is 0. The van der Waals surface area contributed by atoms with Gasteiger partial charge in [-0.1, -0.05) is 0 Å². The molecule has 3 rings (SSSR count). The van der Waals surface area contributed by atoms with Crippen LogP contribution in [0.25, 0.3) is 0 Å². The van der Waals surface area contributed by atoms with Gasteiger partial charge in [0.2, 0.25) is 20.0 Å². The monoisotopic (exact) mass is 528 g/mol. The zero-order chi connectivity index (χ0) is 26.1. The average Bonchev–Trinajstić information content (AvgIpc) is 2.82. The van der Waals surface area contributed by atoms with Gasteiger partial charge in [-0.15, -0.1) is 0 Å². The molecule has 2 aromatic carbocycles. The molecule has 1 heterocycles. The van der Waals surface area contributed by atoms with Gasteiger partial charge in [0.05, 0.1) is 28.4 Å². The van der Waals surface area contributed by atoms with Gasteiger partial charge in [-0.05, 0) is 44.0 Å². The number of piperazine rings is 1. The van der Waals surface area contributed by atoms with Crippen molar-refractivity contribution in [2.45, 2.75) is 36.6 Å². The molecule has 0 aliphatic carbocycles. The van der Waals surface area contributed by atoms with Crippen LogP contribution in [0.1, 0.15) is 18.1 Å². The van der Waals surface area contributed by atoms with E-state index in [-0.39, 0.29) is 40.9 Å². The zero-order valence-electron chi connectivity index (χ0n) is 21.0. The number of methoxy groups -OCH3 is 4. The minimum Gasteiger partial charge on any atom is -0.496 e. The molecule has 0 unspecified atom stereocenters. The summed E-state index contributed by atoms with van der Waals surface area (Å²) in [5.41, 5.74) is 1.46. The summed E-state index contributed by atoms with van der Waals surface area (Å²) in [7, 11) is -2.26. The molecule has 0 spiro atoms. The molecule has 0 aromatic heterocycles. The Morgan fingerprint density at radius 1 is 0.686 bits per heavy atom. The predicted octanol–water partition coefficient (Wildman–Crippen LogP) is 2.42. The molecule has 1 atom stereocenters. The van der Waals surface area contributed by atoms with E-state index >= 15 is 0 Å². The summed E-state index contributed by atoms with van der Waals surface area (Å²) in [5, 5.41) is 0. The quantitative estimate of drug-likeness (QED) is 0.514. The second kappa shape index (κ2) is 10.2. The van der Waals surface area contributed by atoms with Gasteiger partial charge in [-0.25, -0.2) is 16.8 Å². The lowest BCUT2D eigenvalue weighted by Crippen LogP contribution is -2.55. The van der Waals surface area contributed by atoms with E-state index < -0.39 is 26.1 Å². The first-order chi connectivity index (χ1) is 16.4. The minimum absolute atomic E-state index is 0.0312. The van der Waals surface area contributed by atoms with Crippen LogP contribution in [0, 0.1) is 13.8 Å². The van der Waals surface area contributed by atoms with E-state index in [0.29, 0.717) is 11.5 Å². The summed E-state index contributed by atoms with van der Waals surface area (Å²) in [5.74, 6) is 1.22. The number of nitrogens with zero attached hydrogens (tertiary/aromatic N) is 2. The number of sulfonamides is 2. The van der Waals surface area contributed by atoms with E-state index in [9.17, 15) is 16.8 Å². The molecule has 0 bridgehead atoms. The third-order valence-corrected chi connectivity index (χ3v) is 10.0. The highest BCUT2D eigenvalue weighted by Crippen LogP contribution is 2.37. The van der Waals surface area contributed by atoms with E-state index in [1.54, 1.807) is 32.9 Å². The van der Waals surface area contributed by atoms with E-state index in [1.165, 1.54) is 49.2 Å². The first-order valence-corrected chi connectivity index (χ1v) is 13.8. The minimum atomic E-state index is -4.00. The summed E-state index contributed by atoms with van der Waals surface area (Å²) < 4.78 is 78.1. The summed E-state index contributed by atoms with van der Waals surface area (Å²) in [6.45, 7) is 5.15. The molecule has 0 amide bonds. The largest absolute Gasteiger partial charge is 0.496 e. The first-order valence-electron chi connectivity index (χ1n) is 10.9. The van der Waals surface area contributed by atoms with Crippen molar-refractivity contribution in [3.05, 3.63) is 35.4 Å². The number of aryl methyl sites for hydroxylation is 2. The Bertz CT molecular complexity index is 1310. The predicted molar refractivity (Wildman–Crippen MR) is 131 cm³/mol. The number of ether oxygens (including phenoxy) is 4. The highest BCUT2D eigenvalue weighted by molar-refractivity contribution is 7.89. The molecule has 35 heavy (non-hydrogen) atoms. The van der Waals surface area contributed by atoms with E-state index in [2.05, 4.69) is 0 Å². The van der Waals surface area contributed by atoms with Crippen molar-refractivity contribution < 1.29 is 35.8 Å². The maximum Gasteiger partial charge on any atom is 0.247 e. The van der Waals surface area contributed by atoms with Gasteiger partial charge in [-0.3, -0.25) is 0 Å². The Kier molecular flexibility index (Phi) is 7.89. The molecule has 10 nitrogen and oxygen atoms in total. The van der Waals surface area contributed by atoms with Crippen molar-refractivity contribution in [3.63, 3.8) is 0 Å². The zero-order valence-corrected chi connectivity index (χ0v) is 22.6. The number of benzene rings is 2. The summed E-state index contributed by atoms with van der Waals surface area (Å²) in [6.07, 6.45) is 0. The third kappa shape index (κ3) is 4.92. The molecule has 1 aliphatic rings. The maximum atomic E-state index is 13.6. The fourth-order valence-corrected chi connectivity index (χ4v) is 7.63. The third-order valence-electron chi connectivity index (χ3n) is 6.10. The molecule has 194 valence electrons. The van der Waals surface area contributed by atoms with Gasteiger partial charge < -0.3 is 18.9 Å². The van der Waals surface area contributed by atoms with Crippen LogP contribution in [-0.2, 0) is 20.0 Å². The van der Waals surface area contributed by atoms with E-state index in [0.717, 1.165) is 11.1 Å². The van der Waals surface area contributed by atoms with Crippen molar-refractivity contribution >= 4 is 20.0 Å². The molecule has 0 radical (unpaired) electrons. The fourth-order valence-electron chi connectivity index (χ4n) is 4.20. The Balaban J connectivity index is 1.95. The van der Waals surface area contributed by atoms with Crippen molar-refractivity contribution in [1.82, 2.24) is 8.61 Å².